The van der Waals surface area contributed by atoms with Crippen molar-refractivity contribution in [3.63, 3.8) is 0 Å². The summed E-state index contributed by atoms with van der Waals surface area (Å²) in [5.74, 6) is 0. The molecule has 344 valence electrons. The van der Waals surface area contributed by atoms with E-state index < -0.39 is 5.41 Å². The minimum Gasteiger partial charge on any atom is -0.456 e. The highest BCUT2D eigenvalue weighted by Gasteiger charge is 2.52. The van der Waals surface area contributed by atoms with Crippen LogP contribution in [0.1, 0.15) is 47.2 Å². The Hall–Kier alpha value is -9.18. The molecule has 0 N–H and O–H groups in total. The number of rotatable bonds is 7. The number of fused-ring (bicyclic) bond motifs is 16. The van der Waals surface area contributed by atoms with Crippen LogP contribution in [-0.2, 0) is 10.8 Å². The van der Waals surface area contributed by atoms with Gasteiger partial charge >= 0.3 is 0 Å². The lowest BCUT2D eigenvalue weighted by Gasteiger charge is -2.34. The molecule has 3 nitrogen and oxygen atoms in total. The fourth-order valence-electron chi connectivity index (χ4n) is 13.1. The molecule has 15 rings (SSSR count). The van der Waals surface area contributed by atoms with Crippen LogP contribution in [0.5, 0.6) is 0 Å². The van der Waals surface area contributed by atoms with Gasteiger partial charge in [0.2, 0.25) is 0 Å². The first kappa shape index (κ1) is 41.6. The summed E-state index contributed by atoms with van der Waals surface area (Å²) in [5.41, 5.74) is 25.5. The first-order chi connectivity index (χ1) is 36.0. The molecule has 0 bridgehead atoms. The maximum absolute atomic E-state index is 6.36. The van der Waals surface area contributed by atoms with Gasteiger partial charge in [-0.3, -0.25) is 0 Å². The average Bonchev–Trinajstić information content (AvgIpc) is 4.13. The highest BCUT2D eigenvalue weighted by Crippen LogP contribution is 2.64. The first-order valence-corrected chi connectivity index (χ1v) is 25.4. The van der Waals surface area contributed by atoms with Gasteiger partial charge in [0.15, 0.2) is 0 Å². The Morgan fingerprint density at radius 3 is 1.38 bits per heavy atom. The summed E-state index contributed by atoms with van der Waals surface area (Å²) in [6, 6.07) is 94.3. The summed E-state index contributed by atoms with van der Waals surface area (Å²) >= 11 is 0. The molecule has 0 radical (unpaired) electrons. The largest absolute Gasteiger partial charge is 0.456 e. The predicted molar refractivity (Wildman–Crippen MR) is 302 cm³/mol. The van der Waals surface area contributed by atoms with Crippen LogP contribution in [0.15, 0.2) is 259 Å². The number of nitrogens with zero attached hydrogens (tertiary/aromatic N) is 2. The molecule has 3 aliphatic carbocycles. The summed E-state index contributed by atoms with van der Waals surface area (Å²) in [6.07, 6.45) is 0. The molecule has 12 aromatic rings. The molecular weight excluding hydrogens is 885 g/mol. The van der Waals surface area contributed by atoms with E-state index >= 15 is 0 Å². The number of furan rings is 1. The lowest BCUT2D eigenvalue weighted by molar-refractivity contribution is 0.660. The zero-order valence-corrected chi connectivity index (χ0v) is 40.6. The second kappa shape index (κ2) is 15.7. The summed E-state index contributed by atoms with van der Waals surface area (Å²) in [7, 11) is 0. The minimum absolute atomic E-state index is 0.170. The molecule has 1 spiro atoms. The molecule has 1 atom stereocenters. The van der Waals surface area contributed by atoms with Gasteiger partial charge in [0.25, 0.3) is 0 Å². The van der Waals surface area contributed by atoms with Gasteiger partial charge in [-0.05, 0) is 151 Å². The minimum atomic E-state index is -0.622. The predicted octanol–water partition coefficient (Wildman–Crippen LogP) is 18.8. The van der Waals surface area contributed by atoms with Crippen LogP contribution in [0, 0.1) is 0 Å². The lowest BCUT2D eigenvalue weighted by atomic mass is 9.70. The number of hydrogen-bond acceptors (Lipinski definition) is 3. The van der Waals surface area contributed by atoms with Gasteiger partial charge in [-0.15, -0.1) is 0 Å². The third kappa shape index (κ3) is 5.94. The number of anilines is 6. The molecule has 0 amide bonds. The molecule has 1 unspecified atom stereocenters. The Labute approximate surface area is 425 Å². The molecule has 0 saturated heterocycles. The van der Waals surface area contributed by atoms with Crippen LogP contribution in [0.25, 0.3) is 66.4 Å². The Balaban J connectivity index is 0.975. The van der Waals surface area contributed by atoms with Crippen LogP contribution in [0.3, 0.4) is 0 Å². The Morgan fingerprint density at radius 1 is 0.288 bits per heavy atom. The quantitative estimate of drug-likeness (QED) is 0.159. The van der Waals surface area contributed by atoms with Crippen LogP contribution in [-0.4, -0.2) is 0 Å². The standard InChI is InChI=1S/C70H48N2O/c1-69(2)60-28-14-9-24-52(60)55-37-34-49(42-63(55)69)72(66-31-17-12-23-51(66)45-19-5-3-6-20-45)50-35-39-57-54-26-11-16-30-62(54)70(65(57)44-50)61-29-15-10-25-53(61)56-38-33-48(43-64(56)70)71(46-21-7-4-8-22-46)47-36-40-68-59(41-47)58-27-13-18-32-67(58)73-68/h3-44H,1-2H3. The highest BCUT2D eigenvalue weighted by atomic mass is 16.3. The van der Waals surface area contributed by atoms with Gasteiger partial charge in [-0.2, -0.15) is 0 Å². The van der Waals surface area contributed by atoms with Crippen molar-refractivity contribution < 1.29 is 4.42 Å². The zero-order chi connectivity index (χ0) is 48.4. The number of benzene rings is 11. The van der Waals surface area contributed by atoms with E-state index in [1.165, 1.54) is 77.9 Å². The van der Waals surface area contributed by atoms with Gasteiger partial charge in [0.05, 0.1) is 11.1 Å². The molecule has 1 aromatic heterocycles. The monoisotopic (exact) mass is 932 g/mol. The number of hydrogen-bond donors (Lipinski definition) is 0. The van der Waals surface area contributed by atoms with E-state index in [1.54, 1.807) is 0 Å². The summed E-state index contributed by atoms with van der Waals surface area (Å²) < 4.78 is 6.36. The second-order valence-electron chi connectivity index (χ2n) is 20.4. The van der Waals surface area contributed by atoms with Crippen molar-refractivity contribution in [3.05, 3.63) is 288 Å². The third-order valence-electron chi connectivity index (χ3n) is 16.3. The first-order valence-electron chi connectivity index (χ1n) is 25.4. The van der Waals surface area contributed by atoms with Gasteiger partial charge < -0.3 is 14.2 Å². The zero-order valence-electron chi connectivity index (χ0n) is 40.6. The van der Waals surface area contributed by atoms with Crippen LogP contribution >= 0.6 is 0 Å². The van der Waals surface area contributed by atoms with Crippen molar-refractivity contribution >= 4 is 56.1 Å². The maximum Gasteiger partial charge on any atom is 0.135 e. The van der Waals surface area contributed by atoms with Crippen molar-refractivity contribution in [1.29, 1.82) is 0 Å². The van der Waals surface area contributed by atoms with E-state index in [0.717, 1.165) is 56.1 Å². The SMILES string of the molecule is CC1(C)c2ccccc2-c2ccc(N(c3ccc4c(c3)C3(c5ccccc5-c5ccc(N(c6ccccc6)c6ccc7oc8ccccc8c7c6)cc53)c3ccccc3-4)c3ccccc3-c3ccccc3)cc21. The van der Waals surface area contributed by atoms with E-state index in [1.807, 2.05) is 6.07 Å². The highest BCUT2D eigenvalue weighted by molar-refractivity contribution is 6.07. The van der Waals surface area contributed by atoms with Crippen molar-refractivity contribution in [2.24, 2.45) is 0 Å². The molecule has 0 fully saturated rings. The van der Waals surface area contributed by atoms with Crippen LogP contribution in [0.2, 0.25) is 0 Å². The fourth-order valence-corrected chi connectivity index (χ4v) is 13.1. The van der Waals surface area contributed by atoms with Crippen molar-refractivity contribution in [2.45, 2.75) is 24.7 Å². The molecule has 3 heteroatoms. The van der Waals surface area contributed by atoms with E-state index in [9.17, 15) is 0 Å². The van der Waals surface area contributed by atoms with Gasteiger partial charge in [0, 0.05) is 50.2 Å². The summed E-state index contributed by atoms with van der Waals surface area (Å²) in [5, 5.41) is 2.21. The molecule has 3 aliphatic rings. The maximum atomic E-state index is 6.36. The summed E-state index contributed by atoms with van der Waals surface area (Å²) in [6.45, 7) is 4.75. The van der Waals surface area contributed by atoms with E-state index in [-0.39, 0.29) is 5.41 Å². The average molecular weight is 933 g/mol. The van der Waals surface area contributed by atoms with Crippen LogP contribution < -0.4 is 9.80 Å². The van der Waals surface area contributed by atoms with E-state index in [4.69, 9.17) is 4.42 Å². The number of para-hydroxylation sites is 3. The van der Waals surface area contributed by atoms with Crippen molar-refractivity contribution in [1.82, 2.24) is 0 Å². The van der Waals surface area contributed by atoms with Crippen LogP contribution in [0.4, 0.5) is 34.1 Å². The smallest absolute Gasteiger partial charge is 0.135 e. The van der Waals surface area contributed by atoms with Gasteiger partial charge in [-0.1, -0.05) is 190 Å². The summed E-state index contributed by atoms with van der Waals surface area (Å²) in [4.78, 5) is 4.93. The lowest BCUT2D eigenvalue weighted by Crippen LogP contribution is -2.26. The van der Waals surface area contributed by atoms with E-state index in [0.29, 0.717) is 0 Å². The van der Waals surface area contributed by atoms with Gasteiger partial charge in [-0.25, -0.2) is 0 Å². The van der Waals surface area contributed by atoms with Gasteiger partial charge in [0.1, 0.15) is 11.2 Å². The van der Waals surface area contributed by atoms with Crippen molar-refractivity contribution in [2.75, 3.05) is 9.80 Å². The second-order valence-corrected chi connectivity index (χ2v) is 20.4. The molecule has 11 aromatic carbocycles. The normalized spacial score (nSPS) is 15.2. The van der Waals surface area contributed by atoms with E-state index in [2.05, 4.69) is 272 Å². The van der Waals surface area contributed by atoms with Crippen molar-refractivity contribution in [3.8, 4) is 44.5 Å². The molecule has 73 heavy (non-hydrogen) atoms. The molecule has 1 heterocycles. The topological polar surface area (TPSA) is 19.6 Å². The molecule has 0 saturated carbocycles. The fraction of sp³-hybridized carbons (Fsp3) is 0.0571. The Morgan fingerprint density at radius 2 is 0.726 bits per heavy atom. The Kier molecular flexibility index (Phi) is 8.92. The third-order valence-corrected chi connectivity index (χ3v) is 16.3. The molecule has 0 aliphatic heterocycles. The molecular formula is C70H48N2O. The Bertz CT molecular complexity index is 4190.